The number of hydrogen-bond acceptors (Lipinski definition) is 3. The first kappa shape index (κ1) is 18.1. The van der Waals surface area contributed by atoms with E-state index in [9.17, 15) is 9.59 Å². The van der Waals surface area contributed by atoms with Crippen LogP contribution in [0.4, 0.5) is 0 Å². The summed E-state index contributed by atoms with van der Waals surface area (Å²) in [5, 5.41) is 3.98. The van der Waals surface area contributed by atoms with Gasteiger partial charge in [-0.15, -0.1) is 11.6 Å². The van der Waals surface area contributed by atoms with E-state index in [4.69, 9.17) is 27.6 Å². The smallest absolute Gasteiger partial charge is 0.224 e. The van der Waals surface area contributed by atoms with Crippen molar-refractivity contribution in [2.24, 2.45) is 0 Å². The van der Waals surface area contributed by atoms with E-state index in [-0.39, 0.29) is 23.6 Å². The van der Waals surface area contributed by atoms with Crippen LogP contribution in [-0.4, -0.2) is 10.5 Å². The summed E-state index contributed by atoms with van der Waals surface area (Å²) in [5.41, 5.74) is 1.78. The summed E-state index contributed by atoms with van der Waals surface area (Å²) in [7, 11) is 0. The molecular weight excluding hydrogens is 387 g/mol. The Morgan fingerprint density at radius 1 is 1.26 bits per heavy atom. The fourth-order valence-electron chi connectivity index (χ4n) is 3.10. The number of halogens is 2. The van der Waals surface area contributed by atoms with Crippen LogP contribution in [0.25, 0.3) is 11.1 Å². The van der Waals surface area contributed by atoms with Crippen molar-refractivity contribution in [3.8, 4) is 0 Å². The van der Waals surface area contributed by atoms with Crippen molar-refractivity contribution in [3.63, 3.8) is 0 Å². The van der Waals surface area contributed by atoms with Crippen LogP contribution in [0.5, 0.6) is 0 Å². The summed E-state index contributed by atoms with van der Waals surface area (Å²) in [6.45, 7) is 0.386. The van der Waals surface area contributed by atoms with Crippen molar-refractivity contribution in [1.82, 2.24) is 9.88 Å². The van der Waals surface area contributed by atoms with E-state index in [2.05, 4.69) is 5.32 Å². The highest BCUT2D eigenvalue weighted by Gasteiger charge is 2.27. The van der Waals surface area contributed by atoms with Crippen LogP contribution in [0, 0.1) is 0 Å². The molecule has 0 unspecified atom stereocenters. The minimum absolute atomic E-state index is 0.0243. The molecular formula is C20H18Cl2N2O3. The lowest BCUT2D eigenvalue weighted by Crippen LogP contribution is -2.27. The third kappa shape index (κ3) is 3.89. The second kappa shape index (κ2) is 7.41. The number of carbonyl (C=O) groups is 1. The molecule has 0 aliphatic heterocycles. The van der Waals surface area contributed by atoms with Gasteiger partial charge in [-0.1, -0.05) is 23.7 Å². The molecule has 1 amide bonds. The van der Waals surface area contributed by atoms with Gasteiger partial charge in [-0.3, -0.25) is 9.59 Å². The van der Waals surface area contributed by atoms with Crippen LogP contribution in [0.15, 0.2) is 45.7 Å². The maximum absolute atomic E-state index is 12.8. The first-order valence-corrected chi connectivity index (χ1v) is 9.70. The van der Waals surface area contributed by atoms with Crippen LogP contribution in [-0.2, 0) is 23.6 Å². The molecule has 2 heterocycles. The maximum Gasteiger partial charge on any atom is 0.224 e. The standard InChI is InChI=1S/C20H18Cl2N2O3/c21-9-16-8-17-19(26)13(11-24(15-5-6-15)20(17)27-16)7-18(25)23-10-12-1-3-14(22)4-2-12/h1-4,8,11,15H,5-7,9-10H2,(H,23,25). The second-order valence-electron chi connectivity index (χ2n) is 6.77. The molecule has 0 bridgehead atoms. The summed E-state index contributed by atoms with van der Waals surface area (Å²) >= 11 is 11.7. The summed E-state index contributed by atoms with van der Waals surface area (Å²) in [6.07, 6.45) is 3.86. The van der Waals surface area contributed by atoms with E-state index >= 15 is 0 Å². The van der Waals surface area contributed by atoms with Crippen molar-refractivity contribution in [2.45, 2.75) is 37.7 Å². The summed E-state index contributed by atoms with van der Waals surface area (Å²) in [4.78, 5) is 25.2. The lowest BCUT2D eigenvalue weighted by Gasteiger charge is -2.10. The number of alkyl halides is 1. The number of carbonyl (C=O) groups excluding carboxylic acids is 1. The molecule has 2 aromatic heterocycles. The second-order valence-corrected chi connectivity index (χ2v) is 7.47. The first-order valence-electron chi connectivity index (χ1n) is 8.78. The van der Waals surface area contributed by atoms with Crippen LogP contribution < -0.4 is 10.7 Å². The molecule has 0 spiro atoms. The van der Waals surface area contributed by atoms with E-state index in [0.717, 1.165) is 18.4 Å². The molecule has 1 saturated carbocycles. The number of rotatable bonds is 6. The Hall–Kier alpha value is -2.24. The zero-order chi connectivity index (χ0) is 19.0. The van der Waals surface area contributed by atoms with Crippen molar-refractivity contribution in [2.75, 3.05) is 0 Å². The van der Waals surface area contributed by atoms with Gasteiger partial charge in [0.1, 0.15) is 5.76 Å². The monoisotopic (exact) mass is 404 g/mol. The number of fused-ring (bicyclic) bond motifs is 1. The minimum Gasteiger partial charge on any atom is -0.443 e. The number of nitrogens with zero attached hydrogens (tertiary/aromatic N) is 1. The fourth-order valence-corrected chi connectivity index (χ4v) is 3.36. The number of nitrogens with one attached hydrogen (secondary N) is 1. The fraction of sp³-hybridized carbons (Fsp3) is 0.300. The molecule has 1 aromatic carbocycles. The molecule has 0 saturated heterocycles. The SMILES string of the molecule is O=C(Cc1cn(C2CC2)c2oc(CCl)cc2c1=O)NCc1ccc(Cl)cc1. The third-order valence-corrected chi connectivity index (χ3v) is 5.17. The van der Waals surface area contributed by atoms with Gasteiger partial charge >= 0.3 is 0 Å². The predicted molar refractivity (Wildman–Crippen MR) is 105 cm³/mol. The topological polar surface area (TPSA) is 64.2 Å². The maximum atomic E-state index is 12.8. The highest BCUT2D eigenvalue weighted by molar-refractivity contribution is 6.30. The quantitative estimate of drug-likeness (QED) is 0.626. The number of pyridine rings is 1. The highest BCUT2D eigenvalue weighted by atomic mass is 35.5. The van der Waals surface area contributed by atoms with Crippen LogP contribution in [0.1, 0.15) is 35.8 Å². The molecule has 1 aliphatic carbocycles. The van der Waals surface area contributed by atoms with Crippen molar-refractivity contribution >= 4 is 40.2 Å². The van der Waals surface area contributed by atoms with Gasteiger partial charge in [0.25, 0.3) is 0 Å². The Kier molecular flexibility index (Phi) is 4.98. The van der Waals surface area contributed by atoms with Crippen molar-refractivity contribution in [1.29, 1.82) is 0 Å². The van der Waals surface area contributed by atoms with E-state index in [0.29, 0.717) is 40.0 Å². The lowest BCUT2D eigenvalue weighted by molar-refractivity contribution is -0.120. The zero-order valence-corrected chi connectivity index (χ0v) is 16.0. The Balaban J connectivity index is 1.55. The molecule has 7 heteroatoms. The van der Waals surface area contributed by atoms with Gasteiger partial charge in [0.2, 0.25) is 11.6 Å². The van der Waals surface area contributed by atoms with Crippen molar-refractivity contribution < 1.29 is 9.21 Å². The number of amides is 1. The molecule has 140 valence electrons. The highest BCUT2D eigenvalue weighted by Crippen LogP contribution is 2.37. The van der Waals surface area contributed by atoms with E-state index in [1.807, 2.05) is 16.7 Å². The van der Waals surface area contributed by atoms with E-state index in [1.54, 1.807) is 24.4 Å². The summed E-state index contributed by atoms with van der Waals surface area (Å²) < 4.78 is 7.69. The largest absolute Gasteiger partial charge is 0.443 e. The number of furan rings is 1. The number of aromatic nitrogens is 1. The van der Waals surface area contributed by atoms with Crippen molar-refractivity contribution in [3.05, 3.63) is 68.7 Å². The number of hydrogen-bond donors (Lipinski definition) is 1. The predicted octanol–water partition coefficient (Wildman–Crippen LogP) is 4.18. The third-order valence-electron chi connectivity index (χ3n) is 4.66. The molecule has 1 N–H and O–H groups in total. The number of benzene rings is 1. The average Bonchev–Trinajstić information content (AvgIpc) is 3.41. The van der Waals surface area contributed by atoms with Gasteiger partial charge in [0.05, 0.1) is 17.7 Å². The normalized spacial score (nSPS) is 13.9. The van der Waals surface area contributed by atoms with Gasteiger partial charge in [-0.2, -0.15) is 0 Å². The van der Waals surface area contributed by atoms with Gasteiger partial charge in [-0.05, 0) is 36.6 Å². The minimum atomic E-state index is -0.204. The first-order chi connectivity index (χ1) is 13.0. The lowest BCUT2D eigenvalue weighted by atomic mass is 10.1. The molecule has 3 aromatic rings. The summed E-state index contributed by atoms with van der Waals surface area (Å²) in [6, 6.07) is 9.26. The molecule has 27 heavy (non-hydrogen) atoms. The Morgan fingerprint density at radius 3 is 2.67 bits per heavy atom. The molecule has 5 nitrogen and oxygen atoms in total. The molecule has 0 radical (unpaired) electrons. The van der Waals surface area contributed by atoms with Gasteiger partial charge in [0.15, 0.2) is 5.43 Å². The van der Waals surface area contributed by atoms with Gasteiger partial charge in [0, 0.05) is 29.4 Å². The van der Waals surface area contributed by atoms with E-state index in [1.165, 1.54) is 0 Å². The van der Waals surface area contributed by atoms with Crippen LogP contribution >= 0.6 is 23.2 Å². The Labute approximate surface area is 165 Å². The van der Waals surface area contributed by atoms with Crippen LogP contribution in [0.3, 0.4) is 0 Å². The molecule has 1 aliphatic rings. The van der Waals surface area contributed by atoms with Gasteiger partial charge < -0.3 is 14.3 Å². The molecule has 0 atom stereocenters. The van der Waals surface area contributed by atoms with E-state index < -0.39 is 0 Å². The average molecular weight is 405 g/mol. The molecule has 4 rings (SSSR count). The Morgan fingerprint density at radius 2 is 2.00 bits per heavy atom. The zero-order valence-electron chi connectivity index (χ0n) is 14.5. The molecule has 1 fully saturated rings. The summed E-state index contributed by atoms with van der Waals surface area (Å²) in [5.74, 6) is 0.558. The Bertz CT molecular complexity index is 1050. The van der Waals surface area contributed by atoms with Crippen LogP contribution in [0.2, 0.25) is 5.02 Å². The van der Waals surface area contributed by atoms with Gasteiger partial charge in [-0.25, -0.2) is 0 Å².